The van der Waals surface area contributed by atoms with Crippen molar-refractivity contribution in [1.29, 1.82) is 0 Å². The third kappa shape index (κ3) is 3.25. The molecule has 1 aliphatic heterocycles. The molecule has 0 bridgehead atoms. The Morgan fingerprint density at radius 1 is 1.11 bits per heavy atom. The van der Waals surface area contributed by atoms with E-state index >= 15 is 0 Å². The average Bonchev–Trinajstić information content (AvgIpc) is 2.37. The van der Waals surface area contributed by atoms with Crippen LogP contribution in [0.15, 0.2) is 0 Å². The van der Waals surface area contributed by atoms with Gasteiger partial charge in [-0.15, -0.1) is 0 Å². The largest absolute Gasteiger partial charge is 0.396 e. The number of aliphatic hydroxyl groups excluding tert-OH is 1. The van der Waals surface area contributed by atoms with Crippen molar-refractivity contribution in [3.63, 3.8) is 0 Å². The van der Waals surface area contributed by atoms with Crippen molar-refractivity contribution >= 4 is 5.91 Å². The van der Waals surface area contributed by atoms with Gasteiger partial charge in [0.15, 0.2) is 0 Å². The molecule has 0 spiro atoms. The van der Waals surface area contributed by atoms with Crippen LogP contribution in [0, 0.1) is 23.7 Å². The van der Waals surface area contributed by atoms with Crippen LogP contribution in [0.4, 0.5) is 0 Å². The molecule has 2 rings (SSSR count). The Balaban J connectivity index is 1.87. The maximum absolute atomic E-state index is 12.5. The van der Waals surface area contributed by atoms with Crippen molar-refractivity contribution in [3.05, 3.63) is 0 Å². The summed E-state index contributed by atoms with van der Waals surface area (Å²) >= 11 is 0. The number of carbonyl (C=O) groups is 1. The molecule has 2 aliphatic rings. The van der Waals surface area contributed by atoms with Crippen molar-refractivity contribution in [2.45, 2.75) is 46.0 Å². The summed E-state index contributed by atoms with van der Waals surface area (Å²) in [4.78, 5) is 14.5. The van der Waals surface area contributed by atoms with Crippen LogP contribution in [0.3, 0.4) is 0 Å². The number of aliphatic hydroxyl groups is 1. The second kappa shape index (κ2) is 6.05. The highest BCUT2D eigenvalue weighted by molar-refractivity contribution is 5.79. The normalized spacial score (nSPS) is 34.6. The van der Waals surface area contributed by atoms with Gasteiger partial charge in [0.25, 0.3) is 0 Å². The van der Waals surface area contributed by atoms with Gasteiger partial charge in [-0.3, -0.25) is 4.79 Å². The minimum atomic E-state index is 0.259. The fourth-order valence-corrected chi connectivity index (χ4v) is 3.74. The third-order valence-electron chi connectivity index (χ3n) is 4.71. The van der Waals surface area contributed by atoms with E-state index in [1.165, 1.54) is 6.42 Å². The van der Waals surface area contributed by atoms with E-state index < -0.39 is 0 Å². The van der Waals surface area contributed by atoms with Crippen molar-refractivity contribution in [2.75, 3.05) is 19.7 Å². The lowest BCUT2D eigenvalue weighted by molar-refractivity contribution is -0.139. The van der Waals surface area contributed by atoms with Crippen LogP contribution in [0.1, 0.15) is 46.0 Å². The molecule has 2 fully saturated rings. The molecule has 18 heavy (non-hydrogen) atoms. The summed E-state index contributed by atoms with van der Waals surface area (Å²) in [6.07, 6.45) is 5.36. The van der Waals surface area contributed by atoms with E-state index in [1.54, 1.807) is 0 Å². The summed E-state index contributed by atoms with van der Waals surface area (Å²) in [7, 11) is 0. The van der Waals surface area contributed by atoms with Crippen LogP contribution >= 0.6 is 0 Å². The minimum absolute atomic E-state index is 0.259. The van der Waals surface area contributed by atoms with Crippen LogP contribution in [0.25, 0.3) is 0 Å². The van der Waals surface area contributed by atoms with Crippen LogP contribution in [0.2, 0.25) is 0 Å². The van der Waals surface area contributed by atoms with Crippen molar-refractivity contribution in [1.82, 2.24) is 4.90 Å². The molecule has 1 heterocycles. The summed E-state index contributed by atoms with van der Waals surface area (Å²) in [5, 5.41) is 9.13. The number of likely N-dealkylation sites (tertiary alicyclic amines) is 1. The monoisotopic (exact) mass is 253 g/mol. The van der Waals surface area contributed by atoms with Crippen LogP contribution in [-0.4, -0.2) is 35.6 Å². The lowest BCUT2D eigenvalue weighted by Gasteiger charge is -2.37. The van der Waals surface area contributed by atoms with E-state index in [9.17, 15) is 4.79 Å². The maximum Gasteiger partial charge on any atom is 0.225 e. The van der Waals surface area contributed by atoms with E-state index in [4.69, 9.17) is 5.11 Å². The number of hydrogen-bond acceptors (Lipinski definition) is 2. The molecule has 1 N–H and O–H groups in total. The fraction of sp³-hybridized carbons (Fsp3) is 0.933. The van der Waals surface area contributed by atoms with Gasteiger partial charge in [-0.05, 0) is 49.9 Å². The molecule has 0 aromatic heterocycles. The topological polar surface area (TPSA) is 40.5 Å². The van der Waals surface area contributed by atoms with Gasteiger partial charge in [0, 0.05) is 25.6 Å². The van der Waals surface area contributed by atoms with E-state index in [2.05, 4.69) is 13.8 Å². The SMILES string of the molecule is CC1CC(C)CC(C(=O)N2CCC(CO)CC2)C1. The fourth-order valence-electron chi connectivity index (χ4n) is 3.74. The Hall–Kier alpha value is -0.570. The van der Waals surface area contributed by atoms with Gasteiger partial charge in [0.2, 0.25) is 5.91 Å². The van der Waals surface area contributed by atoms with Crippen LogP contribution in [0.5, 0.6) is 0 Å². The summed E-state index contributed by atoms with van der Waals surface area (Å²) in [5.41, 5.74) is 0. The van der Waals surface area contributed by atoms with Gasteiger partial charge in [0.1, 0.15) is 0 Å². The molecule has 2 unspecified atom stereocenters. The van der Waals surface area contributed by atoms with Gasteiger partial charge < -0.3 is 10.0 Å². The van der Waals surface area contributed by atoms with E-state index in [1.807, 2.05) is 4.90 Å². The van der Waals surface area contributed by atoms with Crippen molar-refractivity contribution in [3.8, 4) is 0 Å². The van der Waals surface area contributed by atoms with Crippen molar-refractivity contribution < 1.29 is 9.90 Å². The second-order valence-electron chi connectivity index (χ2n) is 6.57. The summed E-state index contributed by atoms with van der Waals surface area (Å²) in [6, 6.07) is 0. The zero-order valence-electron chi connectivity index (χ0n) is 11.8. The predicted molar refractivity (Wildman–Crippen MR) is 72.1 cm³/mol. The summed E-state index contributed by atoms with van der Waals surface area (Å²) in [6.45, 7) is 6.52. The Labute approximate surface area is 111 Å². The minimum Gasteiger partial charge on any atom is -0.396 e. The van der Waals surface area contributed by atoms with Gasteiger partial charge in [-0.1, -0.05) is 13.8 Å². The standard InChI is InChI=1S/C15H27NO2/c1-11-7-12(2)9-14(8-11)15(18)16-5-3-13(10-17)4-6-16/h11-14,17H,3-10H2,1-2H3. The Morgan fingerprint density at radius 3 is 2.17 bits per heavy atom. The first-order valence-corrected chi connectivity index (χ1v) is 7.49. The molecule has 0 aromatic rings. The first-order valence-electron chi connectivity index (χ1n) is 7.49. The first-order chi connectivity index (χ1) is 8.60. The number of piperidine rings is 1. The van der Waals surface area contributed by atoms with E-state index in [0.717, 1.165) is 38.8 Å². The highest BCUT2D eigenvalue weighted by atomic mass is 16.3. The molecular weight excluding hydrogens is 226 g/mol. The zero-order valence-corrected chi connectivity index (χ0v) is 11.8. The zero-order chi connectivity index (χ0) is 13.1. The highest BCUT2D eigenvalue weighted by Crippen LogP contribution is 2.34. The number of nitrogens with zero attached hydrogens (tertiary/aromatic N) is 1. The van der Waals surface area contributed by atoms with E-state index in [0.29, 0.717) is 23.7 Å². The maximum atomic E-state index is 12.5. The summed E-state index contributed by atoms with van der Waals surface area (Å²) in [5.74, 6) is 2.44. The molecule has 104 valence electrons. The number of amides is 1. The quantitative estimate of drug-likeness (QED) is 0.820. The molecule has 1 saturated carbocycles. The number of carbonyl (C=O) groups excluding carboxylic acids is 1. The number of hydrogen-bond donors (Lipinski definition) is 1. The van der Waals surface area contributed by atoms with Crippen LogP contribution < -0.4 is 0 Å². The molecule has 1 amide bonds. The van der Waals surface area contributed by atoms with Crippen LogP contribution in [-0.2, 0) is 4.79 Å². The smallest absolute Gasteiger partial charge is 0.225 e. The third-order valence-corrected chi connectivity index (χ3v) is 4.71. The molecular formula is C15H27NO2. The molecule has 1 saturated heterocycles. The van der Waals surface area contributed by atoms with Gasteiger partial charge in [-0.25, -0.2) is 0 Å². The van der Waals surface area contributed by atoms with Gasteiger partial charge >= 0.3 is 0 Å². The molecule has 3 nitrogen and oxygen atoms in total. The Kier molecular flexibility index (Phi) is 4.66. The number of rotatable bonds is 2. The first kappa shape index (κ1) is 13.9. The van der Waals surface area contributed by atoms with Crippen molar-refractivity contribution in [2.24, 2.45) is 23.7 Å². The predicted octanol–water partition coefficient (Wildman–Crippen LogP) is 2.29. The lowest BCUT2D eigenvalue weighted by Crippen LogP contribution is -2.44. The van der Waals surface area contributed by atoms with E-state index in [-0.39, 0.29) is 12.5 Å². The molecule has 0 aromatic carbocycles. The van der Waals surface area contributed by atoms with Gasteiger partial charge in [0.05, 0.1) is 0 Å². The highest BCUT2D eigenvalue weighted by Gasteiger charge is 2.33. The molecule has 1 aliphatic carbocycles. The Morgan fingerprint density at radius 2 is 1.67 bits per heavy atom. The lowest BCUT2D eigenvalue weighted by atomic mass is 9.76. The summed E-state index contributed by atoms with van der Waals surface area (Å²) < 4.78 is 0. The average molecular weight is 253 g/mol. The molecule has 0 radical (unpaired) electrons. The molecule has 3 heteroatoms. The molecule has 2 atom stereocenters. The van der Waals surface area contributed by atoms with Gasteiger partial charge in [-0.2, -0.15) is 0 Å². The Bertz CT molecular complexity index is 274. The second-order valence-corrected chi connectivity index (χ2v) is 6.57.